The number of carbonyl (C=O) groups is 4. The highest BCUT2D eigenvalue weighted by atomic mass is 16.5. The van der Waals surface area contributed by atoms with Crippen LogP contribution in [0.15, 0.2) is 186 Å². The van der Waals surface area contributed by atoms with Crippen LogP contribution in [0.3, 0.4) is 0 Å². The van der Waals surface area contributed by atoms with E-state index in [4.69, 9.17) is 56.7 Å². The number of hydrogen-bond donors (Lipinski definition) is 8. The molecule has 0 radical (unpaired) electrons. The summed E-state index contributed by atoms with van der Waals surface area (Å²) in [5, 5.41) is 51.6. The number of amides is 4. The molecule has 6 heterocycles. The van der Waals surface area contributed by atoms with Crippen molar-refractivity contribution in [3.05, 3.63) is 256 Å². The fraction of sp³-hybridized carbons (Fsp3) is 0.151. The molecule has 0 unspecified atom stereocenters. The summed E-state index contributed by atoms with van der Waals surface area (Å²) >= 11 is 0. The highest BCUT2D eigenvalue weighted by molar-refractivity contribution is 6.09. The van der Waals surface area contributed by atoms with Crippen LogP contribution in [-0.2, 0) is 13.1 Å². The van der Waals surface area contributed by atoms with E-state index in [1.807, 2.05) is 146 Å². The number of benzene rings is 8. The van der Waals surface area contributed by atoms with Gasteiger partial charge >= 0.3 is 0 Å². The lowest BCUT2D eigenvalue weighted by Gasteiger charge is -2.10. The zero-order valence-electron chi connectivity index (χ0n) is 64.6. The highest BCUT2D eigenvalue weighted by Gasteiger charge is 2.24. The van der Waals surface area contributed by atoms with Crippen molar-refractivity contribution in [2.24, 2.45) is 0 Å². The van der Waals surface area contributed by atoms with E-state index in [9.17, 15) is 19.2 Å². The van der Waals surface area contributed by atoms with E-state index in [1.54, 1.807) is 97.3 Å². The lowest BCUT2D eigenvalue weighted by Crippen LogP contribution is -2.24. The van der Waals surface area contributed by atoms with E-state index in [-0.39, 0.29) is 43.3 Å². The number of carbonyl (C=O) groups excluding carboxylic acids is 4. The Bertz CT molecular complexity index is 5900. The molecule has 14 rings (SSSR count). The first-order valence-electron chi connectivity index (χ1n) is 35.6. The Labute approximate surface area is 664 Å². The zero-order valence-corrected chi connectivity index (χ0v) is 64.6. The van der Waals surface area contributed by atoms with Crippen LogP contribution in [0.5, 0.6) is 51.7 Å². The number of fused-ring (bicyclic) bond motifs is 4. The van der Waals surface area contributed by atoms with E-state index in [2.05, 4.69) is 78.6 Å². The third kappa shape index (κ3) is 19.7. The number of hydrogen-bond acceptors (Lipinski definition) is 22. The molecular weight excluding hydrogens is 1480 g/mol. The number of oxazole rings is 2. The maximum Gasteiger partial charge on any atom is 0.255 e. The van der Waals surface area contributed by atoms with Crippen LogP contribution >= 0.6 is 0 Å². The molecule has 30 heteroatoms. The number of nitriles is 1. The number of H-pyrrole nitrogens is 4. The number of aromatic nitrogens is 10. The Morgan fingerprint density at radius 1 is 0.388 bits per heavy atom. The van der Waals surface area contributed by atoms with Gasteiger partial charge < -0.3 is 72.7 Å². The maximum absolute atomic E-state index is 12.8. The summed E-state index contributed by atoms with van der Waals surface area (Å²) < 4.78 is 58.7. The molecule has 0 atom stereocenters. The smallest absolute Gasteiger partial charge is 0.255 e. The average molecular weight is 1560 g/mol. The largest absolute Gasteiger partial charge is 0.497 e. The lowest BCUT2D eigenvalue weighted by atomic mass is 10.1. The van der Waals surface area contributed by atoms with Gasteiger partial charge in [0.15, 0.2) is 11.5 Å². The Balaban J connectivity index is 0.000000152. The Kier molecular flexibility index (Phi) is 27.9. The predicted octanol–water partition coefficient (Wildman–Crippen LogP) is 14.0. The minimum atomic E-state index is -0.374. The molecule has 0 aliphatic carbocycles. The molecule has 0 aliphatic heterocycles. The van der Waals surface area contributed by atoms with Crippen molar-refractivity contribution in [1.82, 2.24) is 72.0 Å². The van der Waals surface area contributed by atoms with Crippen molar-refractivity contribution >= 4 is 116 Å². The topological polar surface area (TPSA) is 390 Å². The fourth-order valence-corrected chi connectivity index (χ4v) is 11.9. The van der Waals surface area contributed by atoms with Gasteiger partial charge in [-0.05, 0) is 144 Å². The molecule has 0 bridgehead atoms. The molecule has 0 aliphatic rings. The van der Waals surface area contributed by atoms with Crippen molar-refractivity contribution in [2.75, 3.05) is 77.1 Å². The fourth-order valence-electron chi connectivity index (χ4n) is 11.9. The summed E-state index contributed by atoms with van der Waals surface area (Å²) in [5.74, 6) is 5.07. The summed E-state index contributed by atoms with van der Waals surface area (Å²) in [5.41, 5.74) is 11.2. The van der Waals surface area contributed by atoms with Crippen molar-refractivity contribution in [3.63, 3.8) is 0 Å². The van der Waals surface area contributed by atoms with Gasteiger partial charge in [0.25, 0.3) is 23.6 Å². The summed E-state index contributed by atoms with van der Waals surface area (Å²) in [4.78, 5) is 58.2. The van der Waals surface area contributed by atoms with Crippen LogP contribution in [-0.4, -0.2) is 151 Å². The van der Waals surface area contributed by atoms with Gasteiger partial charge in [-0.2, -0.15) is 25.7 Å². The Morgan fingerprint density at radius 3 is 1.00 bits per heavy atom. The Morgan fingerprint density at radius 2 is 0.707 bits per heavy atom. The third-order valence-corrected chi connectivity index (χ3v) is 17.6. The first kappa shape index (κ1) is 81.3. The average Bonchev–Trinajstić information content (AvgIpc) is 1.63. The molecule has 8 aromatic carbocycles. The number of nitrogens with one attached hydrogen (secondary N) is 8. The van der Waals surface area contributed by atoms with Gasteiger partial charge in [-0.1, -0.05) is 72.8 Å². The molecular formula is C86H81N15O15. The van der Waals surface area contributed by atoms with Gasteiger partial charge in [-0.15, -0.1) is 6.58 Å². The first-order valence-corrected chi connectivity index (χ1v) is 35.6. The minimum absolute atomic E-state index is 0.0738. The normalized spacial score (nSPS) is 11.0. The van der Waals surface area contributed by atoms with Crippen LogP contribution < -0.4 is 63.9 Å². The van der Waals surface area contributed by atoms with E-state index in [0.29, 0.717) is 114 Å². The highest BCUT2D eigenvalue weighted by Crippen LogP contribution is 2.38. The van der Waals surface area contributed by atoms with E-state index in [1.165, 1.54) is 46.2 Å². The molecule has 14 aromatic rings. The van der Waals surface area contributed by atoms with Gasteiger partial charge in [0.1, 0.15) is 59.3 Å². The Hall–Kier alpha value is -15.7. The third-order valence-electron chi connectivity index (χ3n) is 17.6. The summed E-state index contributed by atoms with van der Waals surface area (Å²) in [6.07, 6.45) is 22.9. The standard InChI is InChI=1S/C23H22N4O5.C22H20N4O4.C21H21N3O3.C20H18N4O3/c1-29-18-9-5-14(12-19(18)30-2)4-7-16-21-17(27-26-16)8-6-15(22(21)31-3)23(28)25-13-20-24-10-11-32-20;1-28-15-6-3-14(4-7-15)5-9-17-20-18(26-25-17)10-8-16(21(20)29-2)22(27)24-13-19-23-11-12-30-19;1-4-13-22-21(25)16-10-12-18-19(20(16)27-3)17(23-24-18)11-7-14-5-8-15(26-2)9-6-14;1-26-14-6-3-13(4-7-14)5-9-16-18-17(24-23-16)10-8-15(19(18)27-2)20(25)22-12-11-21/h4-12H,13H2,1-3H3,(H,25,28)(H,26,27);3-12H,13H2,1-2H3,(H,24,27)(H,25,26);4-12H,1,13H2,2-3H3,(H,22,25)(H,23,24);3-10H,12H2,1-2H3,(H,22,25)(H,23,24)/b7-4+;9-5+;11-7+;9-5+. The quantitative estimate of drug-likeness (QED) is 0.0167. The van der Waals surface area contributed by atoms with Crippen LogP contribution in [0.1, 0.15) is 98.2 Å². The molecule has 6 aromatic heterocycles. The van der Waals surface area contributed by atoms with E-state index in [0.717, 1.165) is 67.2 Å². The molecule has 4 amide bonds. The molecule has 0 saturated heterocycles. The van der Waals surface area contributed by atoms with Crippen LogP contribution in [0, 0.1) is 11.3 Å². The number of ether oxygens (including phenoxy) is 9. The van der Waals surface area contributed by atoms with Gasteiger partial charge in [0.05, 0.1) is 184 Å². The van der Waals surface area contributed by atoms with Crippen LogP contribution in [0.25, 0.3) is 92.2 Å². The van der Waals surface area contributed by atoms with E-state index >= 15 is 0 Å². The number of rotatable bonds is 28. The number of methoxy groups -OCH3 is 9. The monoisotopic (exact) mass is 1560 g/mol. The van der Waals surface area contributed by atoms with Crippen molar-refractivity contribution in [1.29, 1.82) is 5.26 Å². The van der Waals surface area contributed by atoms with Gasteiger partial charge in [0.2, 0.25) is 11.8 Å². The lowest BCUT2D eigenvalue weighted by molar-refractivity contribution is 0.0936. The first-order chi connectivity index (χ1) is 56.7. The van der Waals surface area contributed by atoms with Crippen LogP contribution in [0.2, 0.25) is 0 Å². The van der Waals surface area contributed by atoms with Gasteiger partial charge in [-0.3, -0.25) is 39.6 Å². The van der Waals surface area contributed by atoms with E-state index < -0.39 is 0 Å². The second-order valence-corrected chi connectivity index (χ2v) is 24.5. The molecule has 8 N–H and O–H groups in total. The van der Waals surface area contributed by atoms with Crippen LogP contribution in [0.4, 0.5) is 0 Å². The SMILES string of the molecule is C=CCNC(=O)c1ccc2n[nH]c(/C=C/c3ccc(OC)cc3)c2c1OC.COc1ccc(/C=C/c2[nH]nc3ccc(C(=O)NCC#N)c(OC)c23)cc1.COc1ccc(/C=C/c2[nH]nc3ccc(C(=O)NCc4ncco4)c(OC)c23)cc1.COc1ccc(/C=C/c2[nH]nc3ccc(C(=O)NCc4ncco4)c(OC)c23)cc1OC. The zero-order chi connectivity index (χ0) is 81.9. The molecule has 0 saturated carbocycles. The molecule has 0 spiro atoms. The van der Waals surface area contributed by atoms with Gasteiger partial charge in [0, 0.05) is 6.54 Å². The summed E-state index contributed by atoms with van der Waals surface area (Å²) in [7, 11) is 14.2. The molecule has 590 valence electrons. The van der Waals surface area contributed by atoms with Crippen molar-refractivity contribution < 1.29 is 70.6 Å². The molecule has 0 fully saturated rings. The second kappa shape index (κ2) is 39.8. The molecule has 30 nitrogen and oxygen atoms in total. The maximum atomic E-state index is 12.8. The van der Waals surface area contributed by atoms with Crippen molar-refractivity contribution in [3.8, 4) is 57.8 Å². The predicted molar refractivity (Wildman–Crippen MR) is 441 cm³/mol. The minimum Gasteiger partial charge on any atom is -0.497 e. The molecule has 116 heavy (non-hydrogen) atoms. The van der Waals surface area contributed by atoms with Crippen molar-refractivity contribution in [2.45, 2.75) is 13.1 Å². The van der Waals surface area contributed by atoms with Gasteiger partial charge in [-0.25, -0.2) is 9.97 Å². The summed E-state index contributed by atoms with van der Waals surface area (Å²) in [6.45, 7) is 4.28. The summed E-state index contributed by atoms with van der Waals surface area (Å²) in [6, 6.07) is 44.3. The number of nitrogens with zero attached hydrogens (tertiary/aromatic N) is 7. The second-order valence-electron chi connectivity index (χ2n) is 24.5. The number of aromatic amines is 4.